The summed E-state index contributed by atoms with van der Waals surface area (Å²) < 4.78 is 17.4. The molecule has 0 saturated carbocycles. The first-order chi connectivity index (χ1) is 8.15. The number of hydrogen-bond donors (Lipinski definition) is 2. The molecule has 0 fully saturated rings. The Kier molecular flexibility index (Phi) is 3.42. The number of hydrogen-bond acceptors (Lipinski definition) is 3. The second kappa shape index (κ2) is 4.99. The highest BCUT2D eigenvalue weighted by atomic mass is 19.1. The third-order valence-electron chi connectivity index (χ3n) is 2.27. The first-order valence-electron chi connectivity index (χ1n) is 5.04. The molecule has 2 rings (SSSR count). The van der Waals surface area contributed by atoms with Crippen molar-refractivity contribution < 1.29 is 19.1 Å². The van der Waals surface area contributed by atoms with Crippen LogP contribution < -0.4 is 4.65 Å². The molecular formula is C12H10BFO3. The van der Waals surface area contributed by atoms with Gasteiger partial charge in [-0.1, -0.05) is 24.3 Å². The standard InChI is InChI=1S/C12H10BFO3/c14-11-5-1-9(2-6-11)10-3-7-12(8-4-10)17-13(15)16/h1-8,15-16H. The van der Waals surface area contributed by atoms with Gasteiger partial charge in [-0.25, -0.2) is 4.39 Å². The van der Waals surface area contributed by atoms with Crippen LogP contribution in [-0.2, 0) is 0 Å². The molecule has 2 N–H and O–H groups in total. The molecule has 0 radical (unpaired) electrons. The van der Waals surface area contributed by atoms with E-state index in [1.807, 2.05) is 0 Å². The number of halogens is 1. The summed E-state index contributed by atoms with van der Waals surface area (Å²) in [6, 6.07) is 12.8. The van der Waals surface area contributed by atoms with Gasteiger partial charge in [0.05, 0.1) is 0 Å². The summed E-state index contributed by atoms with van der Waals surface area (Å²) in [6.45, 7) is 0. The zero-order valence-electron chi connectivity index (χ0n) is 8.88. The molecule has 2 aromatic rings. The van der Waals surface area contributed by atoms with Crippen LogP contribution in [0.2, 0.25) is 0 Å². The van der Waals surface area contributed by atoms with Gasteiger partial charge in [0.25, 0.3) is 0 Å². The molecule has 0 aliphatic rings. The van der Waals surface area contributed by atoms with Crippen molar-refractivity contribution in [1.29, 1.82) is 0 Å². The van der Waals surface area contributed by atoms with Crippen LogP contribution in [0.15, 0.2) is 48.5 Å². The molecule has 2 aromatic carbocycles. The lowest BCUT2D eigenvalue weighted by atomic mass is 10.1. The maximum absolute atomic E-state index is 12.7. The Hall–Kier alpha value is -1.85. The highest BCUT2D eigenvalue weighted by Crippen LogP contribution is 2.22. The summed E-state index contributed by atoms with van der Waals surface area (Å²) in [5, 5.41) is 17.2. The molecule has 0 aromatic heterocycles. The Morgan fingerprint density at radius 2 is 1.29 bits per heavy atom. The minimum absolute atomic E-state index is 0.280. The van der Waals surface area contributed by atoms with Crippen molar-refractivity contribution in [2.24, 2.45) is 0 Å². The number of rotatable bonds is 3. The van der Waals surface area contributed by atoms with E-state index in [0.717, 1.165) is 11.1 Å². The summed E-state index contributed by atoms with van der Waals surface area (Å²) in [7, 11) is -1.83. The maximum Gasteiger partial charge on any atom is 0.707 e. The molecule has 0 aliphatic heterocycles. The van der Waals surface area contributed by atoms with Crippen molar-refractivity contribution in [3.05, 3.63) is 54.3 Å². The van der Waals surface area contributed by atoms with Gasteiger partial charge in [-0.15, -0.1) is 0 Å². The maximum atomic E-state index is 12.7. The zero-order valence-corrected chi connectivity index (χ0v) is 8.88. The lowest BCUT2D eigenvalue weighted by molar-refractivity contribution is 0.288. The predicted octanol–water partition coefficient (Wildman–Crippen LogP) is 1.84. The van der Waals surface area contributed by atoms with Gasteiger partial charge in [0, 0.05) is 0 Å². The summed E-state index contributed by atoms with van der Waals surface area (Å²) in [6.07, 6.45) is 0. The Balaban J connectivity index is 2.20. The van der Waals surface area contributed by atoms with E-state index in [4.69, 9.17) is 10.0 Å². The van der Waals surface area contributed by atoms with Crippen molar-refractivity contribution in [1.82, 2.24) is 0 Å². The van der Waals surface area contributed by atoms with E-state index >= 15 is 0 Å². The smallest absolute Gasteiger partial charge is 0.512 e. The summed E-state index contributed by atoms with van der Waals surface area (Å²) in [4.78, 5) is 0. The molecule has 0 atom stereocenters. The first-order valence-corrected chi connectivity index (χ1v) is 5.04. The molecule has 5 heteroatoms. The molecule has 0 bridgehead atoms. The number of benzene rings is 2. The van der Waals surface area contributed by atoms with Gasteiger partial charge in [-0.3, -0.25) is 0 Å². The fourth-order valence-corrected chi connectivity index (χ4v) is 1.49. The minimum Gasteiger partial charge on any atom is -0.512 e. The Bertz CT molecular complexity index is 482. The fraction of sp³-hybridized carbons (Fsp3) is 0. The molecule has 0 heterocycles. The van der Waals surface area contributed by atoms with Crippen LogP contribution in [0.3, 0.4) is 0 Å². The molecule has 86 valence electrons. The minimum atomic E-state index is -1.83. The topological polar surface area (TPSA) is 49.7 Å². The third-order valence-corrected chi connectivity index (χ3v) is 2.27. The van der Waals surface area contributed by atoms with E-state index in [9.17, 15) is 4.39 Å². The SMILES string of the molecule is OB(O)Oc1ccc(-c2ccc(F)cc2)cc1. The van der Waals surface area contributed by atoms with Gasteiger partial charge in [-0.2, -0.15) is 0 Å². The molecule has 0 spiro atoms. The summed E-state index contributed by atoms with van der Waals surface area (Å²) in [5.41, 5.74) is 1.77. The van der Waals surface area contributed by atoms with Crippen molar-refractivity contribution in [2.75, 3.05) is 0 Å². The van der Waals surface area contributed by atoms with Crippen LogP contribution in [0.4, 0.5) is 4.39 Å². The summed E-state index contributed by atoms with van der Waals surface area (Å²) >= 11 is 0. The monoisotopic (exact) mass is 232 g/mol. The normalized spacial score (nSPS) is 10.1. The van der Waals surface area contributed by atoms with Crippen LogP contribution in [-0.4, -0.2) is 17.4 Å². The van der Waals surface area contributed by atoms with Crippen molar-refractivity contribution in [3.63, 3.8) is 0 Å². The zero-order chi connectivity index (χ0) is 12.3. The molecule has 3 nitrogen and oxygen atoms in total. The van der Waals surface area contributed by atoms with Crippen LogP contribution in [0.5, 0.6) is 5.75 Å². The quantitative estimate of drug-likeness (QED) is 0.793. The van der Waals surface area contributed by atoms with Gasteiger partial charge < -0.3 is 14.7 Å². The molecule has 0 amide bonds. The van der Waals surface area contributed by atoms with E-state index in [2.05, 4.69) is 4.65 Å². The van der Waals surface area contributed by atoms with Gasteiger partial charge in [0.1, 0.15) is 11.6 Å². The Morgan fingerprint density at radius 3 is 1.76 bits per heavy atom. The van der Waals surface area contributed by atoms with Gasteiger partial charge >= 0.3 is 7.32 Å². The lowest BCUT2D eigenvalue weighted by Crippen LogP contribution is -2.20. The molecular weight excluding hydrogens is 222 g/mol. The van der Waals surface area contributed by atoms with E-state index in [1.165, 1.54) is 12.1 Å². The van der Waals surface area contributed by atoms with Crippen molar-refractivity contribution in [2.45, 2.75) is 0 Å². The highest BCUT2D eigenvalue weighted by molar-refractivity contribution is 6.33. The van der Waals surface area contributed by atoms with Crippen molar-refractivity contribution >= 4 is 7.32 Å². The third kappa shape index (κ3) is 3.06. The Morgan fingerprint density at radius 1 is 0.824 bits per heavy atom. The van der Waals surface area contributed by atoms with E-state index in [0.29, 0.717) is 5.75 Å². The van der Waals surface area contributed by atoms with Crippen LogP contribution in [0, 0.1) is 5.82 Å². The Labute approximate surface area is 98.3 Å². The molecule has 17 heavy (non-hydrogen) atoms. The van der Waals surface area contributed by atoms with Crippen LogP contribution in [0.1, 0.15) is 0 Å². The van der Waals surface area contributed by atoms with E-state index in [-0.39, 0.29) is 5.82 Å². The largest absolute Gasteiger partial charge is 0.707 e. The second-order valence-electron chi connectivity index (χ2n) is 3.48. The highest BCUT2D eigenvalue weighted by Gasteiger charge is 2.10. The van der Waals surface area contributed by atoms with Crippen LogP contribution in [0.25, 0.3) is 11.1 Å². The molecule has 0 saturated heterocycles. The first kappa shape index (κ1) is 11.6. The van der Waals surface area contributed by atoms with Gasteiger partial charge in [-0.05, 0) is 35.4 Å². The van der Waals surface area contributed by atoms with E-state index in [1.54, 1.807) is 36.4 Å². The van der Waals surface area contributed by atoms with E-state index < -0.39 is 7.32 Å². The van der Waals surface area contributed by atoms with Crippen molar-refractivity contribution in [3.8, 4) is 16.9 Å². The van der Waals surface area contributed by atoms with Gasteiger partial charge in [0.15, 0.2) is 0 Å². The second-order valence-corrected chi connectivity index (χ2v) is 3.48. The predicted molar refractivity (Wildman–Crippen MR) is 62.7 cm³/mol. The average molecular weight is 232 g/mol. The fourth-order valence-electron chi connectivity index (χ4n) is 1.49. The average Bonchev–Trinajstić information content (AvgIpc) is 2.30. The molecule has 0 aliphatic carbocycles. The lowest BCUT2D eigenvalue weighted by Gasteiger charge is -2.06. The molecule has 0 unspecified atom stereocenters. The summed E-state index contributed by atoms with van der Waals surface area (Å²) in [5.74, 6) is 0.0722. The van der Waals surface area contributed by atoms with Gasteiger partial charge in [0.2, 0.25) is 0 Å². The van der Waals surface area contributed by atoms with Crippen LogP contribution >= 0.6 is 0 Å².